The topological polar surface area (TPSA) is 80.0 Å². The summed E-state index contributed by atoms with van der Waals surface area (Å²) in [4.78, 5) is 20.7. The van der Waals surface area contributed by atoms with Crippen LogP contribution in [0.4, 0.5) is 11.5 Å². The number of benzene rings is 1. The fourth-order valence-corrected chi connectivity index (χ4v) is 2.32. The zero-order chi connectivity index (χ0) is 16.9. The second-order valence-electron chi connectivity index (χ2n) is 5.08. The van der Waals surface area contributed by atoms with Gasteiger partial charge >= 0.3 is 0 Å². The summed E-state index contributed by atoms with van der Waals surface area (Å²) in [6.07, 6.45) is 1.56. The number of aromatic nitrogens is 2. The van der Waals surface area contributed by atoms with Crippen LogP contribution in [0.3, 0.4) is 0 Å². The number of nitrogens with zero attached hydrogens (tertiary/aromatic N) is 2. The van der Waals surface area contributed by atoms with Crippen LogP contribution in [0.15, 0.2) is 53.1 Å². The van der Waals surface area contributed by atoms with Gasteiger partial charge in [0.25, 0.3) is 5.91 Å². The van der Waals surface area contributed by atoms with Crippen LogP contribution in [0.25, 0.3) is 0 Å². The molecule has 0 unspecified atom stereocenters. The van der Waals surface area contributed by atoms with Gasteiger partial charge in [-0.2, -0.15) is 0 Å². The first-order valence-corrected chi connectivity index (χ1v) is 7.67. The van der Waals surface area contributed by atoms with Crippen LogP contribution in [0.1, 0.15) is 22.1 Å². The minimum absolute atomic E-state index is 0.276. The number of anilines is 2. The van der Waals surface area contributed by atoms with Gasteiger partial charge in [0.05, 0.1) is 12.8 Å². The van der Waals surface area contributed by atoms with Crippen molar-refractivity contribution in [2.45, 2.75) is 13.5 Å². The van der Waals surface area contributed by atoms with Crippen LogP contribution in [0.5, 0.6) is 0 Å². The van der Waals surface area contributed by atoms with Crippen LogP contribution in [0.2, 0.25) is 5.02 Å². The van der Waals surface area contributed by atoms with Crippen LogP contribution in [0, 0.1) is 6.92 Å². The highest BCUT2D eigenvalue weighted by molar-refractivity contribution is 6.30. The summed E-state index contributed by atoms with van der Waals surface area (Å²) in [5, 5.41) is 6.49. The Hall–Kier alpha value is -2.86. The molecule has 0 aliphatic carbocycles. The maximum Gasteiger partial charge on any atom is 0.270 e. The molecular formula is C17H15ClN4O2. The summed E-state index contributed by atoms with van der Waals surface area (Å²) in [5.74, 6) is 1.38. The van der Waals surface area contributed by atoms with E-state index in [4.69, 9.17) is 16.0 Å². The fourth-order valence-electron chi connectivity index (χ4n) is 2.13. The fraction of sp³-hybridized carbons (Fsp3) is 0.118. The van der Waals surface area contributed by atoms with Gasteiger partial charge in [-0.3, -0.25) is 4.79 Å². The van der Waals surface area contributed by atoms with E-state index in [1.54, 1.807) is 43.5 Å². The van der Waals surface area contributed by atoms with Crippen molar-refractivity contribution in [2.24, 2.45) is 0 Å². The zero-order valence-electron chi connectivity index (χ0n) is 12.9. The smallest absolute Gasteiger partial charge is 0.270 e. The van der Waals surface area contributed by atoms with Crippen molar-refractivity contribution in [1.82, 2.24) is 15.3 Å². The molecule has 24 heavy (non-hydrogen) atoms. The molecule has 0 fully saturated rings. The van der Waals surface area contributed by atoms with Crippen molar-refractivity contribution in [3.8, 4) is 0 Å². The van der Waals surface area contributed by atoms with E-state index in [1.165, 1.54) is 0 Å². The SMILES string of the molecule is Cc1nc(Nc2cccc(Cl)c2)cc(C(=O)NCc2ccco2)n1. The zero-order valence-corrected chi connectivity index (χ0v) is 13.7. The quantitative estimate of drug-likeness (QED) is 0.739. The molecule has 0 aliphatic rings. The van der Waals surface area contributed by atoms with Crippen LogP contribution < -0.4 is 10.6 Å². The molecule has 0 radical (unpaired) electrons. The maximum atomic E-state index is 12.3. The standard InChI is InChI=1S/C17H15ClN4O2/c1-11-20-15(17(23)19-10-14-6-3-7-24-14)9-16(21-11)22-13-5-2-4-12(18)8-13/h2-9H,10H2,1H3,(H,19,23)(H,20,21,22). The highest BCUT2D eigenvalue weighted by Crippen LogP contribution is 2.19. The van der Waals surface area contributed by atoms with Gasteiger partial charge in [-0.25, -0.2) is 9.97 Å². The molecule has 0 atom stereocenters. The Morgan fingerprint density at radius 3 is 2.83 bits per heavy atom. The van der Waals surface area contributed by atoms with E-state index in [0.29, 0.717) is 29.0 Å². The van der Waals surface area contributed by atoms with E-state index >= 15 is 0 Å². The first kappa shape index (κ1) is 16.0. The molecule has 2 heterocycles. The van der Waals surface area contributed by atoms with E-state index in [2.05, 4.69) is 20.6 Å². The van der Waals surface area contributed by atoms with Gasteiger partial charge in [0.2, 0.25) is 0 Å². The molecule has 0 aliphatic heterocycles. The number of carbonyl (C=O) groups is 1. The molecule has 1 amide bonds. The first-order chi connectivity index (χ1) is 11.6. The van der Waals surface area contributed by atoms with Crippen LogP contribution in [-0.2, 0) is 6.54 Å². The number of hydrogen-bond donors (Lipinski definition) is 2. The summed E-state index contributed by atoms with van der Waals surface area (Å²) in [6, 6.07) is 12.4. The molecule has 7 heteroatoms. The Balaban J connectivity index is 1.74. The summed E-state index contributed by atoms with van der Waals surface area (Å²) in [6.45, 7) is 2.03. The van der Waals surface area contributed by atoms with Gasteiger partial charge in [-0.1, -0.05) is 17.7 Å². The van der Waals surface area contributed by atoms with E-state index in [-0.39, 0.29) is 11.6 Å². The molecule has 0 bridgehead atoms. The predicted molar refractivity (Wildman–Crippen MR) is 91.4 cm³/mol. The third-order valence-corrected chi connectivity index (χ3v) is 3.41. The summed E-state index contributed by atoms with van der Waals surface area (Å²) >= 11 is 5.97. The lowest BCUT2D eigenvalue weighted by Gasteiger charge is -2.09. The van der Waals surface area contributed by atoms with E-state index < -0.39 is 0 Å². The Bertz CT molecular complexity index is 850. The van der Waals surface area contributed by atoms with Crippen molar-refractivity contribution in [3.05, 3.63) is 71.0 Å². The third-order valence-electron chi connectivity index (χ3n) is 3.17. The lowest BCUT2D eigenvalue weighted by Crippen LogP contribution is -2.24. The van der Waals surface area contributed by atoms with Crippen molar-refractivity contribution in [2.75, 3.05) is 5.32 Å². The molecule has 0 saturated carbocycles. The summed E-state index contributed by atoms with van der Waals surface area (Å²) in [5.41, 5.74) is 1.06. The minimum atomic E-state index is -0.300. The number of hydrogen-bond acceptors (Lipinski definition) is 5. The van der Waals surface area contributed by atoms with Crippen molar-refractivity contribution in [1.29, 1.82) is 0 Å². The molecule has 2 N–H and O–H groups in total. The van der Waals surface area contributed by atoms with Gasteiger partial charge in [-0.05, 0) is 37.3 Å². The van der Waals surface area contributed by atoms with Crippen molar-refractivity contribution in [3.63, 3.8) is 0 Å². The van der Waals surface area contributed by atoms with E-state index in [1.807, 2.05) is 12.1 Å². The second-order valence-corrected chi connectivity index (χ2v) is 5.52. The molecular weight excluding hydrogens is 328 g/mol. The highest BCUT2D eigenvalue weighted by atomic mass is 35.5. The average Bonchev–Trinajstić information content (AvgIpc) is 3.05. The number of halogens is 1. The Kier molecular flexibility index (Phi) is 4.77. The Morgan fingerprint density at radius 1 is 1.21 bits per heavy atom. The summed E-state index contributed by atoms with van der Waals surface area (Å²) in [7, 11) is 0. The van der Waals surface area contributed by atoms with Crippen LogP contribution >= 0.6 is 11.6 Å². The average molecular weight is 343 g/mol. The second kappa shape index (κ2) is 7.14. The number of aryl methyl sites for hydroxylation is 1. The van der Waals surface area contributed by atoms with E-state index in [9.17, 15) is 4.79 Å². The molecule has 3 rings (SSSR count). The van der Waals surface area contributed by atoms with Gasteiger partial charge < -0.3 is 15.1 Å². The molecule has 6 nitrogen and oxygen atoms in total. The number of nitrogens with one attached hydrogen (secondary N) is 2. The lowest BCUT2D eigenvalue weighted by molar-refractivity contribution is 0.0942. The number of amides is 1. The largest absolute Gasteiger partial charge is 0.467 e. The Morgan fingerprint density at radius 2 is 2.08 bits per heavy atom. The number of carbonyl (C=O) groups excluding carboxylic acids is 1. The number of rotatable bonds is 5. The normalized spacial score (nSPS) is 10.4. The minimum Gasteiger partial charge on any atom is -0.467 e. The lowest BCUT2D eigenvalue weighted by atomic mass is 10.3. The van der Waals surface area contributed by atoms with Crippen molar-refractivity contribution < 1.29 is 9.21 Å². The summed E-state index contributed by atoms with van der Waals surface area (Å²) < 4.78 is 5.19. The van der Waals surface area contributed by atoms with Gasteiger partial charge in [-0.15, -0.1) is 0 Å². The predicted octanol–water partition coefficient (Wildman–Crippen LogP) is 3.71. The molecule has 0 spiro atoms. The number of furan rings is 1. The van der Waals surface area contributed by atoms with Gasteiger partial charge in [0.1, 0.15) is 23.1 Å². The Labute approximate surface area is 143 Å². The van der Waals surface area contributed by atoms with Gasteiger partial charge in [0.15, 0.2) is 0 Å². The first-order valence-electron chi connectivity index (χ1n) is 7.29. The molecule has 0 saturated heterocycles. The molecule has 3 aromatic rings. The highest BCUT2D eigenvalue weighted by Gasteiger charge is 2.11. The van der Waals surface area contributed by atoms with E-state index in [0.717, 1.165) is 5.69 Å². The van der Waals surface area contributed by atoms with Crippen molar-refractivity contribution >= 4 is 29.0 Å². The third kappa shape index (κ3) is 4.11. The van der Waals surface area contributed by atoms with Gasteiger partial charge in [0, 0.05) is 16.8 Å². The maximum absolute atomic E-state index is 12.3. The molecule has 122 valence electrons. The molecule has 2 aromatic heterocycles. The monoisotopic (exact) mass is 342 g/mol. The molecule has 1 aromatic carbocycles. The van der Waals surface area contributed by atoms with Crippen LogP contribution in [-0.4, -0.2) is 15.9 Å².